The minimum absolute atomic E-state index is 0.151. The molecule has 4 unspecified atom stereocenters. The largest absolute Gasteiger partial charge is 0.324 e. The molecule has 3 heterocycles. The van der Waals surface area contributed by atoms with Gasteiger partial charge in [-0.05, 0) is 55.4 Å². The predicted molar refractivity (Wildman–Crippen MR) is 130 cm³/mol. The van der Waals surface area contributed by atoms with Crippen LogP contribution in [-0.4, -0.2) is 47.2 Å². The summed E-state index contributed by atoms with van der Waals surface area (Å²) in [6, 6.07) is 13.6. The number of carbonyl (C=O) groups is 3. The molecule has 3 aliphatic rings. The number of hydrogen-bond acceptors (Lipinski definition) is 5. The highest BCUT2D eigenvalue weighted by molar-refractivity contribution is 7.98. The van der Waals surface area contributed by atoms with Crippen LogP contribution in [0.25, 0.3) is 0 Å². The molecule has 1 spiro atoms. The Hall–Kier alpha value is -2.64. The van der Waals surface area contributed by atoms with E-state index in [2.05, 4.69) is 10.6 Å². The summed E-state index contributed by atoms with van der Waals surface area (Å²) in [6.45, 7) is 4.33. The Labute approximate surface area is 198 Å². The van der Waals surface area contributed by atoms with Crippen LogP contribution >= 0.6 is 11.8 Å². The summed E-state index contributed by atoms with van der Waals surface area (Å²) >= 11 is 1.70. The highest BCUT2D eigenvalue weighted by Gasteiger charge is 2.70. The normalized spacial score (nSPS) is 27.9. The first-order chi connectivity index (χ1) is 15.9. The molecular formula is C26H29N3O3S. The highest BCUT2D eigenvalue weighted by atomic mass is 32.2. The van der Waals surface area contributed by atoms with Crippen molar-refractivity contribution in [3.05, 3.63) is 64.7 Å². The Kier molecular flexibility index (Phi) is 5.57. The zero-order valence-electron chi connectivity index (χ0n) is 19.2. The number of likely N-dealkylation sites (tertiary alicyclic amines) is 1. The summed E-state index contributed by atoms with van der Waals surface area (Å²) in [5, 5.41) is 6.57. The van der Waals surface area contributed by atoms with Gasteiger partial charge in [0.05, 0.1) is 11.8 Å². The van der Waals surface area contributed by atoms with E-state index in [-0.39, 0.29) is 23.8 Å². The molecule has 0 aromatic heterocycles. The Morgan fingerprint density at radius 2 is 1.79 bits per heavy atom. The maximum atomic E-state index is 13.8. The van der Waals surface area contributed by atoms with E-state index < -0.39 is 17.4 Å². The van der Waals surface area contributed by atoms with Crippen LogP contribution < -0.4 is 10.6 Å². The Balaban J connectivity index is 1.54. The second-order valence-electron chi connectivity index (χ2n) is 9.29. The molecule has 3 amide bonds. The number of nitrogens with one attached hydrogen (secondary N) is 2. The number of amides is 3. The third kappa shape index (κ3) is 3.24. The molecular weight excluding hydrogens is 434 g/mol. The topological polar surface area (TPSA) is 78.5 Å². The summed E-state index contributed by atoms with van der Waals surface area (Å²) < 4.78 is 0. The molecule has 2 aromatic carbocycles. The van der Waals surface area contributed by atoms with Crippen LogP contribution in [0, 0.1) is 25.7 Å². The van der Waals surface area contributed by atoms with Crippen molar-refractivity contribution in [2.45, 2.75) is 38.3 Å². The lowest BCUT2D eigenvalue weighted by molar-refractivity contribution is -0.142. The van der Waals surface area contributed by atoms with Crippen molar-refractivity contribution >= 4 is 35.2 Å². The van der Waals surface area contributed by atoms with E-state index in [4.69, 9.17) is 0 Å². The van der Waals surface area contributed by atoms with Crippen LogP contribution in [0.3, 0.4) is 0 Å². The maximum Gasteiger partial charge on any atom is 0.250 e. The number of nitrogens with zero attached hydrogens (tertiary/aromatic N) is 1. The third-order valence-electron chi connectivity index (χ3n) is 7.61. The summed E-state index contributed by atoms with van der Waals surface area (Å²) in [7, 11) is 0. The lowest BCUT2D eigenvalue weighted by Crippen LogP contribution is -2.53. The van der Waals surface area contributed by atoms with Crippen molar-refractivity contribution in [1.82, 2.24) is 10.2 Å². The minimum Gasteiger partial charge on any atom is -0.324 e. The molecule has 33 heavy (non-hydrogen) atoms. The summed E-state index contributed by atoms with van der Waals surface area (Å²) in [4.78, 5) is 42.3. The van der Waals surface area contributed by atoms with Crippen molar-refractivity contribution in [1.29, 1.82) is 0 Å². The predicted octanol–water partition coefficient (Wildman–Crippen LogP) is 3.02. The molecule has 0 saturated carbocycles. The van der Waals surface area contributed by atoms with Gasteiger partial charge in [0.15, 0.2) is 0 Å². The van der Waals surface area contributed by atoms with Gasteiger partial charge in [-0.25, -0.2) is 0 Å². The standard InChI is InChI=1S/C26H29N3O3S/c1-15-9-10-18-22(16(15)2)27-25(32)26(18)21-20(19(28-26)12-14-33-3)23(30)29(24(21)31)13-11-17-7-5-4-6-8-17/h4-10,19-21,28H,11-14H2,1-3H3,(H,27,32). The van der Waals surface area contributed by atoms with Gasteiger partial charge in [-0.15, -0.1) is 0 Å². The molecule has 2 aromatic rings. The minimum atomic E-state index is -1.20. The van der Waals surface area contributed by atoms with Crippen LogP contribution in [0.4, 0.5) is 5.69 Å². The Morgan fingerprint density at radius 3 is 2.52 bits per heavy atom. The fourth-order valence-corrected chi connectivity index (χ4v) is 6.27. The summed E-state index contributed by atoms with van der Waals surface area (Å²) in [6.07, 6.45) is 3.36. The van der Waals surface area contributed by atoms with E-state index in [9.17, 15) is 14.4 Å². The van der Waals surface area contributed by atoms with Crippen LogP contribution in [0.15, 0.2) is 42.5 Å². The smallest absolute Gasteiger partial charge is 0.250 e. The number of hydrogen-bond donors (Lipinski definition) is 2. The zero-order valence-corrected chi connectivity index (χ0v) is 20.0. The van der Waals surface area contributed by atoms with Gasteiger partial charge >= 0.3 is 0 Å². The molecule has 0 bridgehead atoms. The van der Waals surface area contributed by atoms with Gasteiger partial charge in [0, 0.05) is 23.8 Å². The van der Waals surface area contributed by atoms with Crippen molar-refractivity contribution in [3.63, 3.8) is 0 Å². The van der Waals surface area contributed by atoms with E-state index in [0.29, 0.717) is 13.0 Å². The van der Waals surface area contributed by atoms with E-state index in [0.717, 1.165) is 40.1 Å². The molecule has 7 heteroatoms. The molecule has 2 N–H and O–H groups in total. The highest BCUT2D eigenvalue weighted by Crippen LogP contribution is 2.54. The Morgan fingerprint density at radius 1 is 1.03 bits per heavy atom. The first-order valence-corrected chi connectivity index (χ1v) is 12.9. The van der Waals surface area contributed by atoms with Crippen LogP contribution in [0.1, 0.15) is 28.7 Å². The van der Waals surface area contributed by atoms with Crippen molar-refractivity contribution < 1.29 is 14.4 Å². The number of fused-ring (bicyclic) bond motifs is 4. The number of anilines is 1. The number of aryl methyl sites for hydroxylation is 1. The van der Waals surface area contributed by atoms with Crippen LogP contribution in [0.5, 0.6) is 0 Å². The lowest BCUT2D eigenvalue weighted by atomic mass is 9.76. The second kappa shape index (κ2) is 8.29. The average molecular weight is 464 g/mol. The van der Waals surface area contributed by atoms with Gasteiger partial charge in [0.25, 0.3) is 0 Å². The van der Waals surface area contributed by atoms with Gasteiger partial charge in [0.1, 0.15) is 5.54 Å². The molecule has 2 fully saturated rings. The number of carbonyl (C=O) groups excluding carboxylic acids is 3. The maximum absolute atomic E-state index is 13.8. The molecule has 3 aliphatic heterocycles. The average Bonchev–Trinajstić information content (AvgIpc) is 3.39. The second-order valence-corrected chi connectivity index (χ2v) is 10.3. The molecule has 0 aliphatic carbocycles. The molecule has 172 valence electrons. The number of benzene rings is 2. The van der Waals surface area contributed by atoms with Gasteiger partial charge in [-0.1, -0.05) is 42.5 Å². The zero-order chi connectivity index (χ0) is 23.3. The molecule has 6 nitrogen and oxygen atoms in total. The van der Waals surface area contributed by atoms with Gasteiger partial charge < -0.3 is 5.32 Å². The molecule has 4 atom stereocenters. The summed E-state index contributed by atoms with van der Waals surface area (Å²) in [5.74, 6) is -1.01. The lowest BCUT2D eigenvalue weighted by Gasteiger charge is -2.29. The van der Waals surface area contributed by atoms with E-state index in [1.54, 1.807) is 11.8 Å². The van der Waals surface area contributed by atoms with Crippen molar-refractivity contribution in [2.24, 2.45) is 11.8 Å². The fraction of sp³-hybridized carbons (Fsp3) is 0.423. The van der Waals surface area contributed by atoms with Crippen molar-refractivity contribution in [3.8, 4) is 0 Å². The number of rotatable bonds is 6. The fourth-order valence-electron chi connectivity index (χ4n) is 5.78. The molecule has 0 radical (unpaired) electrons. The SMILES string of the molecule is CSCCC1NC2(C(=O)Nc3c2ccc(C)c3C)C2C(=O)N(CCc3ccccc3)C(=O)C12. The van der Waals surface area contributed by atoms with Crippen LogP contribution in [0.2, 0.25) is 0 Å². The monoisotopic (exact) mass is 463 g/mol. The first-order valence-electron chi connectivity index (χ1n) is 11.5. The number of imide groups is 1. The Bertz CT molecular complexity index is 1140. The van der Waals surface area contributed by atoms with Gasteiger partial charge in [-0.2, -0.15) is 11.8 Å². The van der Waals surface area contributed by atoms with E-state index in [1.807, 2.05) is 62.6 Å². The molecule has 5 rings (SSSR count). The van der Waals surface area contributed by atoms with E-state index >= 15 is 0 Å². The molecule has 2 saturated heterocycles. The van der Waals surface area contributed by atoms with Gasteiger partial charge in [0.2, 0.25) is 17.7 Å². The quantitative estimate of drug-likeness (QED) is 0.644. The van der Waals surface area contributed by atoms with E-state index in [1.165, 1.54) is 4.90 Å². The van der Waals surface area contributed by atoms with Crippen molar-refractivity contribution in [2.75, 3.05) is 23.9 Å². The third-order valence-corrected chi connectivity index (χ3v) is 8.26. The first kappa shape index (κ1) is 22.2. The van der Waals surface area contributed by atoms with Crippen LogP contribution in [-0.2, 0) is 26.3 Å². The number of thioether (sulfide) groups is 1. The van der Waals surface area contributed by atoms with Gasteiger partial charge in [-0.3, -0.25) is 24.6 Å². The summed E-state index contributed by atoms with van der Waals surface area (Å²) in [5.41, 5.74) is 3.54.